The molecule has 0 spiro atoms. The van der Waals surface area contributed by atoms with E-state index < -0.39 is 29.6 Å². The molecule has 1 aromatic heterocycles. The number of ether oxygens (including phenoxy) is 3. The van der Waals surface area contributed by atoms with Gasteiger partial charge in [0.2, 0.25) is 0 Å². The minimum atomic E-state index is -0.817. The molecule has 1 N–H and O–H groups in total. The van der Waals surface area contributed by atoms with Gasteiger partial charge in [0, 0.05) is 4.88 Å². The molecule has 24 heavy (non-hydrogen) atoms. The minimum absolute atomic E-state index is 0.0466. The van der Waals surface area contributed by atoms with Gasteiger partial charge in [-0.05, 0) is 53.7 Å². The van der Waals surface area contributed by atoms with Crippen LogP contribution < -0.4 is 5.32 Å². The average molecular weight is 378 g/mol. The van der Waals surface area contributed by atoms with Crippen LogP contribution in [0.2, 0.25) is 4.34 Å². The van der Waals surface area contributed by atoms with E-state index in [1.165, 1.54) is 11.3 Å². The summed E-state index contributed by atoms with van der Waals surface area (Å²) in [7, 11) is 0. The molecule has 0 saturated carbocycles. The lowest BCUT2D eigenvalue weighted by atomic mass is 10.2. The summed E-state index contributed by atoms with van der Waals surface area (Å²) in [6, 6.07) is 3.43. The first kappa shape index (κ1) is 20.6. The van der Waals surface area contributed by atoms with Crippen LogP contribution in [0.15, 0.2) is 12.1 Å². The molecular formula is C16H24ClNO5S. The number of halogens is 1. The first-order valence-corrected chi connectivity index (χ1v) is 8.67. The maximum Gasteiger partial charge on any atom is 0.509 e. The van der Waals surface area contributed by atoms with E-state index >= 15 is 0 Å². The van der Waals surface area contributed by atoms with Crippen LogP contribution in [0.3, 0.4) is 0 Å². The number of hydrogen-bond donors (Lipinski definition) is 1. The molecule has 1 atom stereocenters. The van der Waals surface area contributed by atoms with Gasteiger partial charge in [-0.3, -0.25) is 0 Å². The molecule has 1 heterocycles. The van der Waals surface area contributed by atoms with Gasteiger partial charge in [0.25, 0.3) is 0 Å². The lowest BCUT2D eigenvalue weighted by molar-refractivity contribution is -0.0274. The zero-order valence-electron chi connectivity index (χ0n) is 14.8. The summed E-state index contributed by atoms with van der Waals surface area (Å²) in [4.78, 5) is 24.4. The Kier molecular flexibility index (Phi) is 6.92. The van der Waals surface area contributed by atoms with E-state index in [0.717, 1.165) is 0 Å². The Balaban J connectivity index is 2.72. The molecule has 0 bridgehead atoms. The average Bonchev–Trinajstić information content (AvgIpc) is 2.76. The van der Waals surface area contributed by atoms with Gasteiger partial charge in [-0.25, -0.2) is 9.59 Å². The topological polar surface area (TPSA) is 73.9 Å². The summed E-state index contributed by atoms with van der Waals surface area (Å²) in [6.07, 6.45) is -2.13. The summed E-state index contributed by atoms with van der Waals surface area (Å²) in [5.74, 6) is 0. The van der Waals surface area contributed by atoms with Crippen molar-refractivity contribution in [3.05, 3.63) is 21.3 Å². The largest absolute Gasteiger partial charge is 0.509 e. The van der Waals surface area contributed by atoms with Crippen LogP contribution in [0.4, 0.5) is 9.59 Å². The number of amides is 1. The monoisotopic (exact) mass is 377 g/mol. The first-order chi connectivity index (χ1) is 10.9. The predicted octanol–water partition coefficient (Wildman–Crippen LogP) is 4.92. The molecule has 0 saturated heterocycles. The van der Waals surface area contributed by atoms with E-state index in [9.17, 15) is 9.59 Å². The second-order valence-electron chi connectivity index (χ2n) is 7.10. The summed E-state index contributed by atoms with van der Waals surface area (Å²) >= 11 is 7.19. The van der Waals surface area contributed by atoms with Crippen molar-refractivity contribution in [1.82, 2.24) is 5.32 Å². The lowest BCUT2D eigenvalue weighted by Crippen LogP contribution is -2.36. The van der Waals surface area contributed by atoms with Crippen molar-refractivity contribution in [2.45, 2.75) is 58.8 Å². The van der Waals surface area contributed by atoms with Gasteiger partial charge in [0.15, 0.2) is 6.10 Å². The fourth-order valence-electron chi connectivity index (χ4n) is 1.58. The number of rotatable bonds is 4. The fourth-order valence-corrected chi connectivity index (χ4v) is 2.67. The van der Waals surface area contributed by atoms with E-state index in [-0.39, 0.29) is 6.54 Å². The van der Waals surface area contributed by atoms with Gasteiger partial charge >= 0.3 is 12.2 Å². The van der Waals surface area contributed by atoms with Crippen molar-refractivity contribution >= 4 is 35.2 Å². The quantitative estimate of drug-likeness (QED) is 0.754. The first-order valence-electron chi connectivity index (χ1n) is 7.47. The molecular weight excluding hydrogens is 354 g/mol. The Hall–Kier alpha value is -1.47. The van der Waals surface area contributed by atoms with Crippen LogP contribution in [-0.4, -0.2) is 30.0 Å². The standard InChI is InChI=1S/C16H24ClNO5S/c1-15(2,3)22-13(19)18-9-10(11-7-8-12(17)24-11)21-14(20)23-16(4,5)6/h7-8,10H,9H2,1-6H3,(H,18,19). The maximum atomic E-state index is 11.9. The molecule has 0 fully saturated rings. The zero-order chi connectivity index (χ0) is 18.5. The van der Waals surface area contributed by atoms with Gasteiger partial charge in [-0.1, -0.05) is 11.6 Å². The second kappa shape index (κ2) is 8.07. The Morgan fingerprint density at radius 3 is 2.17 bits per heavy atom. The van der Waals surface area contributed by atoms with Crippen LogP contribution in [-0.2, 0) is 14.2 Å². The molecule has 1 rings (SSSR count). The predicted molar refractivity (Wildman–Crippen MR) is 93.6 cm³/mol. The second-order valence-corrected chi connectivity index (χ2v) is 8.84. The normalized spacial score (nSPS) is 13.1. The van der Waals surface area contributed by atoms with E-state index in [1.807, 2.05) is 0 Å². The van der Waals surface area contributed by atoms with Crippen LogP contribution in [0.1, 0.15) is 52.5 Å². The highest BCUT2D eigenvalue weighted by atomic mass is 35.5. The van der Waals surface area contributed by atoms with Gasteiger partial charge in [-0.2, -0.15) is 0 Å². The molecule has 8 heteroatoms. The summed E-state index contributed by atoms with van der Waals surface area (Å²) in [5.41, 5.74) is -1.29. The summed E-state index contributed by atoms with van der Waals surface area (Å²) in [6.45, 7) is 10.6. The number of nitrogens with one attached hydrogen (secondary N) is 1. The molecule has 136 valence electrons. The van der Waals surface area contributed by atoms with Gasteiger partial charge in [0.05, 0.1) is 10.9 Å². The van der Waals surface area contributed by atoms with Crippen molar-refractivity contribution in [3.63, 3.8) is 0 Å². The van der Waals surface area contributed by atoms with Crippen molar-refractivity contribution < 1.29 is 23.8 Å². The van der Waals surface area contributed by atoms with Crippen LogP contribution >= 0.6 is 22.9 Å². The Morgan fingerprint density at radius 1 is 1.12 bits per heavy atom. The van der Waals surface area contributed by atoms with Gasteiger partial charge in [-0.15, -0.1) is 11.3 Å². The van der Waals surface area contributed by atoms with Crippen molar-refractivity contribution in [3.8, 4) is 0 Å². The lowest BCUT2D eigenvalue weighted by Gasteiger charge is -2.23. The van der Waals surface area contributed by atoms with Crippen molar-refractivity contribution in [1.29, 1.82) is 0 Å². The van der Waals surface area contributed by atoms with E-state index in [2.05, 4.69) is 5.32 Å². The molecule has 1 amide bonds. The van der Waals surface area contributed by atoms with Gasteiger partial charge in [0.1, 0.15) is 11.2 Å². The molecule has 6 nitrogen and oxygen atoms in total. The van der Waals surface area contributed by atoms with E-state index in [1.54, 1.807) is 53.7 Å². The number of thiophene rings is 1. The summed E-state index contributed by atoms with van der Waals surface area (Å²) < 4.78 is 16.2. The molecule has 0 aliphatic rings. The van der Waals surface area contributed by atoms with E-state index in [4.69, 9.17) is 25.8 Å². The molecule has 0 radical (unpaired) electrons. The van der Waals surface area contributed by atoms with Gasteiger partial charge < -0.3 is 19.5 Å². The highest BCUT2D eigenvalue weighted by molar-refractivity contribution is 7.16. The zero-order valence-corrected chi connectivity index (χ0v) is 16.3. The highest BCUT2D eigenvalue weighted by Crippen LogP contribution is 2.29. The van der Waals surface area contributed by atoms with Crippen LogP contribution in [0, 0.1) is 0 Å². The molecule has 0 aliphatic heterocycles. The highest BCUT2D eigenvalue weighted by Gasteiger charge is 2.25. The number of hydrogen-bond acceptors (Lipinski definition) is 6. The van der Waals surface area contributed by atoms with Crippen LogP contribution in [0.5, 0.6) is 0 Å². The SMILES string of the molecule is CC(C)(C)OC(=O)NCC(OC(=O)OC(C)(C)C)c1ccc(Cl)s1. The molecule has 0 aliphatic carbocycles. The third-order valence-corrected chi connectivity index (χ3v) is 3.69. The van der Waals surface area contributed by atoms with Crippen molar-refractivity contribution in [2.75, 3.05) is 6.54 Å². The molecule has 1 unspecified atom stereocenters. The third kappa shape index (κ3) is 8.40. The minimum Gasteiger partial charge on any atom is -0.444 e. The number of carbonyl (C=O) groups excluding carboxylic acids is 2. The summed E-state index contributed by atoms with van der Waals surface area (Å²) in [5, 5.41) is 2.58. The number of carbonyl (C=O) groups is 2. The van der Waals surface area contributed by atoms with Crippen LogP contribution in [0.25, 0.3) is 0 Å². The smallest absolute Gasteiger partial charge is 0.444 e. The number of alkyl carbamates (subject to hydrolysis) is 1. The Labute approximate surface area is 151 Å². The maximum absolute atomic E-state index is 11.9. The third-order valence-electron chi connectivity index (χ3n) is 2.37. The Morgan fingerprint density at radius 2 is 1.71 bits per heavy atom. The molecule has 1 aromatic rings. The molecule has 0 aromatic carbocycles. The van der Waals surface area contributed by atoms with Crippen molar-refractivity contribution in [2.24, 2.45) is 0 Å². The fraction of sp³-hybridized carbons (Fsp3) is 0.625. The Bertz CT molecular complexity index is 574. The van der Waals surface area contributed by atoms with E-state index in [0.29, 0.717) is 9.21 Å².